The lowest BCUT2D eigenvalue weighted by Gasteiger charge is -2.17. The van der Waals surface area contributed by atoms with Crippen molar-refractivity contribution in [3.63, 3.8) is 0 Å². The summed E-state index contributed by atoms with van der Waals surface area (Å²) >= 11 is 0. The lowest BCUT2D eigenvalue weighted by molar-refractivity contribution is -0.145. The smallest absolute Gasteiger partial charge is 0.319 e. The summed E-state index contributed by atoms with van der Waals surface area (Å²) < 4.78 is 13.2. The van der Waals surface area contributed by atoms with Crippen LogP contribution < -0.4 is 0 Å². The first-order valence-electron chi connectivity index (χ1n) is 5.13. The van der Waals surface area contributed by atoms with Crippen molar-refractivity contribution in [1.82, 2.24) is 0 Å². The maximum atomic E-state index is 13.2. The molecule has 0 saturated carbocycles. The van der Waals surface area contributed by atoms with E-state index in [2.05, 4.69) is 5.16 Å². The highest BCUT2D eigenvalue weighted by Gasteiger charge is 2.45. The second-order valence-electron chi connectivity index (χ2n) is 4.16. The molecule has 0 saturated heterocycles. The minimum absolute atomic E-state index is 0.0864. The van der Waals surface area contributed by atoms with E-state index >= 15 is 0 Å². The molecule has 0 aromatic heterocycles. The maximum absolute atomic E-state index is 13.2. The van der Waals surface area contributed by atoms with Crippen LogP contribution in [0, 0.1) is 22.6 Å². The van der Waals surface area contributed by atoms with Gasteiger partial charge < -0.3 is 9.94 Å². The van der Waals surface area contributed by atoms with Gasteiger partial charge in [-0.15, -0.1) is 0 Å². The van der Waals surface area contributed by atoms with Crippen molar-refractivity contribution in [3.05, 3.63) is 35.1 Å². The number of hydrogen-bond donors (Lipinski definition) is 1. The van der Waals surface area contributed by atoms with Gasteiger partial charge in [0.15, 0.2) is 0 Å². The van der Waals surface area contributed by atoms with Crippen molar-refractivity contribution in [2.24, 2.45) is 10.6 Å². The lowest BCUT2D eigenvalue weighted by Crippen LogP contribution is -2.37. The molecule has 0 amide bonds. The third kappa shape index (κ3) is 1.70. The monoisotopic (exact) mass is 248 g/mol. The van der Waals surface area contributed by atoms with Crippen LogP contribution in [0.2, 0.25) is 0 Å². The molecule has 0 fully saturated rings. The molecule has 1 aliphatic heterocycles. The second kappa shape index (κ2) is 4.11. The Bertz CT molecular complexity index is 591. The summed E-state index contributed by atoms with van der Waals surface area (Å²) in [5.74, 6) is -1.74. The summed E-state index contributed by atoms with van der Waals surface area (Å²) in [5.41, 5.74) is -0.887. The quantitative estimate of drug-likeness (QED) is 0.860. The molecule has 92 valence electrons. The molecule has 2 rings (SSSR count). The molecule has 1 heterocycles. The number of oxime groups is 1. The number of carboxylic acids is 1. The zero-order chi connectivity index (χ0) is 13.3. The molecule has 0 aliphatic carbocycles. The number of carbonyl (C=O) groups is 1. The van der Waals surface area contributed by atoms with Crippen molar-refractivity contribution < 1.29 is 19.1 Å². The van der Waals surface area contributed by atoms with Crippen LogP contribution in [-0.4, -0.2) is 23.4 Å². The van der Waals surface area contributed by atoms with Gasteiger partial charge in [-0.2, -0.15) is 5.26 Å². The number of halogens is 1. The van der Waals surface area contributed by atoms with Crippen LogP contribution >= 0.6 is 0 Å². The molecular formula is C12H9FN2O3. The molecule has 1 atom stereocenters. The fraction of sp³-hybridized carbons (Fsp3) is 0.250. The van der Waals surface area contributed by atoms with Crippen molar-refractivity contribution in [1.29, 1.82) is 5.26 Å². The third-order valence-corrected chi connectivity index (χ3v) is 2.86. The normalized spacial score (nSPS) is 21.9. The first-order chi connectivity index (χ1) is 8.49. The van der Waals surface area contributed by atoms with Gasteiger partial charge in [0.05, 0.1) is 5.56 Å². The van der Waals surface area contributed by atoms with Gasteiger partial charge in [-0.1, -0.05) is 5.16 Å². The summed E-state index contributed by atoms with van der Waals surface area (Å²) in [6.07, 6.45) is 0. The van der Waals surface area contributed by atoms with E-state index in [9.17, 15) is 14.3 Å². The van der Waals surface area contributed by atoms with E-state index in [0.29, 0.717) is 5.56 Å². The van der Waals surface area contributed by atoms with E-state index in [1.54, 1.807) is 6.07 Å². The van der Waals surface area contributed by atoms with Gasteiger partial charge in [-0.3, -0.25) is 4.79 Å². The highest BCUT2D eigenvalue weighted by atomic mass is 19.1. The van der Waals surface area contributed by atoms with Crippen LogP contribution in [0.25, 0.3) is 0 Å². The minimum atomic E-state index is -1.29. The highest BCUT2D eigenvalue weighted by Crippen LogP contribution is 2.30. The largest absolute Gasteiger partial charge is 0.480 e. The predicted molar refractivity (Wildman–Crippen MR) is 59.3 cm³/mol. The van der Waals surface area contributed by atoms with Gasteiger partial charge in [0.2, 0.25) is 0 Å². The molecule has 1 N–H and O–H groups in total. The molecule has 0 bridgehead atoms. The van der Waals surface area contributed by atoms with Gasteiger partial charge in [0.25, 0.3) is 0 Å². The molecule has 5 nitrogen and oxygen atoms in total. The standard InChI is InChI=1S/C12H9FN2O3/c1-12(11(16)17)6-18-15-10(12)7-2-3-9(13)8(4-7)5-14/h2-4H,6H2,1H3,(H,16,17)/t12-/m1/s1. The molecular weight excluding hydrogens is 239 g/mol. The minimum Gasteiger partial charge on any atom is -0.480 e. The number of rotatable bonds is 2. The first-order valence-corrected chi connectivity index (χ1v) is 5.13. The molecule has 1 aromatic rings. The summed E-state index contributed by atoms with van der Waals surface area (Å²) in [7, 11) is 0. The molecule has 1 aliphatic rings. The Kier molecular flexibility index (Phi) is 2.75. The Labute approximate surface area is 102 Å². The SMILES string of the molecule is C[C@@]1(C(=O)O)CON=C1c1ccc(F)c(C#N)c1. The third-order valence-electron chi connectivity index (χ3n) is 2.86. The molecule has 0 radical (unpaired) electrons. The first kappa shape index (κ1) is 12.0. The summed E-state index contributed by atoms with van der Waals surface area (Å²) in [4.78, 5) is 16.1. The number of aliphatic carboxylic acids is 1. The van der Waals surface area contributed by atoms with Crippen molar-refractivity contribution in [2.45, 2.75) is 6.92 Å². The average molecular weight is 248 g/mol. The number of carboxylic acid groups (broad SMARTS) is 1. The van der Waals surface area contributed by atoms with E-state index in [0.717, 1.165) is 6.07 Å². The van der Waals surface area contributed by atoms with Crippen LogP contribution in [0.4, 0.5) is 4.39 Å². The van der Waals surface area contributed by atoms with Gasteiger partial charge in [0, 0.05) is 5.56 Å². The highest BCUT2D eigenvalue weighted by molar-refractivity contribution is 6.15. The second-order valence-corrected chi connectivity index (χ2v) is 4.16. The van der Waals surface area contributed by atoms with E-state index < -0.39 is 17.2 Å². The van der Waals surface area contributed by atoms with Crippen molar-refractivity contribution in [3.8, 4) is 6.07 Å². The number of nitriles is 1. The van der Waals surface area contributed by atoms with E-state index in [-0.39, 0.29) is 17.9 Å². The molecule has 0 unspecified atom stereocenters. The molecule has 18 heavy (non-hydrogen) atoms. The van der Waals surface area contributed by atoms with Crippen LogP contribution in [0.1, 0.15) is 18.1 Å². The van der Waals surface area contributed by atoms with Crippen LogP contribution in [0.3, 0.4) is 0 Å². The zero-order valence-electron chi connectivity index (χ0n) is 9.48. The number of benzene rings is 1. The molecule has 0 spiro atoms. The van der Waals surface area contributed by atoms with Gasteiger partial charge in [-0.25, -0.2) is 4.39 Å². The van der Waals surface area contributed by atoms with Gasteiger partial charge in [-0.05, 0) is 25.1 Å². The predicted octanol–water partition coefficient (Wildman–Crippen LogP) is 1.52. The maximum Gasteiger partial charge on any atom is 0.319 e. The fourth-order valence-electron chi connectivity index (χ4n) is 1.69. The summed E-state index contributed by atoms with van der Waals surface area (Å²) in [6, 6.07) is 5.45. The Balaban J connectivity index is 2.50. The summed E-state index contributed by atoms with van der Waals surface area (Å²) in [6.45, 7) is 1.38. The van der Waals surface area contributed by atoms with E-state index in [1.807, 2.05) is 0 Å². The Morgan fingerprint density at radius 2 is 2.39 bits per heavy atom. The van der Waals surface area contributed by atoms with Crippen molar-refractivity contribution >= 4 is 11.7 Å². The Morgan fingerprint density at radius 3 is 3.00 bits per heavy atom. The number of hydrogen-bond acceptors (Lipinski definition) is 4. The van der Waals surface area contributed by atoms with Crippen LogP contribution in [0.15, 0.2) is 23.4 Å². The van der Waals surface area contributed by atoms with E-state index in [1.165, 1.54) is 19.1 Å². The van der Waals surface area contributed by atoms with Crippen molar-refractivity contribution in [2.75, 3.05) is 6.61 Å². The topological polar surface area (TPSA) is 82.7 Å². The lowest BCUT2D eigenvalue weighted by atomic mass is 9.82. The zero-order valence-corrected chi connectivity index (χ0v) is 9.48. The van der Waals surface area contributed by atoms with Crippen LogP contribution in [-0.2, 0) is 9.63 Å². The fourth-order valence-corrected chi connectivity index (χ4v) is 1.69. The van der Waals surface area contributed by atoms with Crippen LogP contribution in [0.5, 0.6) is 0 Å². The molecule has 1 aromatic carbocycles. The number of nitrogens with zero attached hydrogens (tertiary/aromatic N) is 2. The average Bonchev–Trinajstić information content (AvgIpc) is 2.73. The van der Waals surface area contributed by atoms with E-state index in [4.69, 9.17) is 10.1 Å². The van der Waals surface area contributed by atoms with Gasteiger partial charge >= 0.3 is 5.97 Å². The molecule has 6 heteroatoms. The van der Waals surface area contributed by atoms with Gasteiger partial charge in [0.1, 0.15) is 29.6 Å². The summed E-state index contributed by atoms with van der Waals surface area (Å²) in [5, 5.41) is 21.6. The Morgan fingerprint density at radius 1 is 1.67 bits per heavy atom. The Hall–Kier alpha value is -2.42.